The second-order valence-corrected chi connectivity index (χ2v) is 4.84. The maximum Gasteiger partial charge on any atom is 0.317 e. The summed E-state index contributed by atoms with van der Waals surface area (Å²) < 4.78 is 4.92. The fourth-order valence-electron chi connectivity index (χ4n) is 2.35. The van der Waals surface area contributed by atoms with Crippen molar-refractivity contribution in [1.29, 1.82) is 0 Å². The Kier molecular flexibility index (Phi) is 4.43. The first-order chi connectivity index (χ1) is 9.15. The molecule has 0 bridgehead atoms. The number of hydrogen-bond donors (Lipinski definition) is 2. The summed E-state index contributed by atoms with van der Waals surface area (Å²) in [5, 5.41) is 11.6. The van der Waals surface area contributed by atoms with Gasteiger partial charge < -0.3 is 19.7 Å². The van der Waals surface area contributed by atoms with Crippen LogP contribution in [0.4, 0.5) is 4.79 Å². The molecule has 1 aromatic heterocycles. The van der Waals surface area contributed by atoms with Gasteiger partial charge >= 0.3 is 12.0 Å². The van der Waals surface area contributed by atoms with E-state index in [0.29, 0.717) is 19.6 Å². The van der Waals surface area contributed by atoms with Gasteiger partial charge in [-0.3, -0.25) is 4.79 Å². The van der Waals surface area contributed by atoms with E-state index >= 15 is 0 Å². The van der Waals surface area contributed by atoms with Crippen LogP contribution in [0.2, 0.25) is 0 Å². The molecule has 1 aromatic rings. The van der Waals surface area contributed by atoms with Crippen molar-refractivity contribution in [3.05, 3.63) is 24.2 Å². The van der Waals surface area contributed by atoms with Gasteiger partial charge in [-0.2, -0.15) is 0 Å². The summed E-state index contributed by atoms with van der Waals surface area (Å²) >= 11 is 0. The van der Waals surface area contributed by atoms with Crippen LogP contribution in [0.15, 0.2) is 23.0 Å². The third-order valence-corrected chi connectivity index (χ3v) is 3.29. The second-order valence-electron chi connectivity index (χ2n) is 4.84. The van der Waals surface area contributed by atoms with E-state index in [2.05, 4.69) is 5.32 Å². The smallest absolute Gasteiger partial charge is 0.317 e. The molecule has 1 aliphatic heterocycles. The molecule has 1 fully saturated rings. The maximum atomic E-state index is 12.0. The van der Waals surface area contributed by atoms with Crippen molar-refractivity contribution in [2.75, 3.05) is 13.1 Å². The fraction of sp³-hybridized carbons (Fsp3) is 0.538. The molecule has 0 saturated carbocycles. The van der Waals surface area contributed by atoms with Gasteiger partial charge in [0.25, 0.3) is 0 Å². The molecular weight excluding hydrogens is 248 g/mol. The van der Waals surface area contributed by atoms with E-state index in [4.69, 9.17) is 9.52 Å². The number of likely N-dealkylation sites (tertiary alicyclic amines) is 1. The molecule has 2 heterocycles. The standard InChI is InChI=1S/C13H18N2O4/c16-12(17)6-10-2-1-4-15(8-10)13(18)14-7-11-3-5-19-9-11/h3,5,9-10H,1-2,4,6-8H2,(H,14,18)(H,16,17). The normalized spacial score (nSPS) is 19.2. The van der Waals surface area contributed by atoms with Gasteiger partial charge in [0.2, 0.25) is 0 Å². The minimum atomic E-state index is -0.800. The molecule has 6 heteroatoms. The van der Waals surface area contributed by atoms with Gasteiger partial charge in [0.05, 0.1) is 12.5 Å². The topological polar surface area (TPSA) is 82.8 Å². The van der Waals surface area contributed by atoms with Gasteiger partial charge in [-0.15, -0.1) is 0 Å². The van der Waals surface area contributed by atoms with E-state index in [-0.39, 0.29) is 18.4 Å². The predicted molar refractivity (Wildman–Crippen MR) is 67.5 cm³/mol. The average molecular weight is 266 g/mol. The highest BCUT2D eigenvalue weighted by Crippen LogP contribution is 2.19. The Bertz CT molecular complexity index is 430. The summed E-state index contributed by atoms with van der Waals surface area (Å²) in [5.74, 6) is -0.739. The zero-order valence-electron chi connectivity index (χ0n) is 10.7. The van der Waals surface area contributed by atoms with Crippen molar-refractivity contribution in [3.8, 4) is 0 Å². The molecule has 1 aliphatic rings. The van der Waals surface area contributed by atoms with Crippen molar-refractivity contribution < 1.29 is 19.1 Å². The van der Waals surface area contributed by atoms with Crippen LogP contribution >= 0.6 is 0 Å². The van der Waals surface area contributed by atoms with Gasteiger partial charge in [0, 0.05) is 31.6 Å². The molecule has 6 nitrogen and oxygen atoms in total. The number of urea groups is 1. The van der Waals surface area contributed by atoms with Gasteiger partial charge in [0.1, 0.15) is 0 Å². The predicted octanol–water partition coefficient (Wildman–Crippen LogP) is 1.68. The Hall–Kier alpha value is -1.98. The summed E-state index contributed by atoms with van der Waals surface area (Å²) in [5.41, 5.74) is 0.910. The summed E-state index contributed by atoms with van der Waals surface area (Å²) in [4.78, 5) is 24.3. The third-order valence-electron chi connectivity index (χ3n) is 3.29. The number of carboxylic acids is 1. The van der Waals surface area contributed by atoms with Crippen LogP contribution < -0.4 is 5.32 Å². The molecule has 2 amide bonds. The van der Waals surface area contributed by atoms with Gasteiger partial charge in [0.15, 0.2) is 0 Å². The van der Waals surface area contributed by atoms with E-state index in [0.717, 1.165) is 18.4 Å². The molecule has 2 N–H and O–H groups in total. The first kappa shape index (κ1) is 13.5. The van der Waals surface area contributed by atoms with Crippen LogP contribution in [0.5, 0.6) is 0 Å². The Balaban J connectivity index is 1.79. The molecule has 0 spiro atoms. The lowest BCUT2D eigenvalue weighted by Crippen LogP contribution is -2.45. The largest absolute Gasteiger partial charge is 0.481 e. The van der Waals surface area contributed by atoms with Crippen LogP contribution in [0.3, 0.4) is 0 Å². The van der Waals surface area contributed by atoms with Crippen LogP contribution in [0.25, 0.3) is 0 Å². The molecule has 19 heavy (non-hydrogen) atoms. The molecule has 0 aromatic carbocycles. The van der Waals surface area contributed by atoms with Gasteiger partial charge in [-0.05, 0) is 24.8 Å². The van der Waals surface area contributed by atoms with Crippen LogP contribution in [0.1, 0.15) is 24.8 Å². The molecule has 0 radical (unpaired) electrons. The number of carbonyl (C=O) groups excluding carboxylic acids is 1. The van der Waals surface area contributed by atoms with E-state index in [1.165, 1.54) is 0 Å². The van der Waals surface area contributed by atoms with Crippen molar-refractivity contribution in [2.24, 2.45) is 5.92 Å². The monoisotopic (exact) mass is 266 g/mol. The first-order valence-corrected chi connectivity index (χ1v) is 6.41. The molecule has 104 valence electrons. The molecule has 0 aliphatic carbocycles. The number of amides is 2. The molecule has 2 rings (SSSR count). The summed E-state index contributed by atoms with van der Waals surface area (Å²) in [6.07, 6.45) is 5.01. The third kappa shape index (κ3) is 4.01. The van der Waals surface area contributed by atoms with Crippen LogP contribution in [-0.2, 0) is 11.3 Å². The Morgan fingerprint density at radius 3 is 3.05 bits per heavy atom. The number of carboxylic acid groups (broad SMARTS) is 1. The highest BCUT2D eigenvalue weighted by atomic mass is 16.4. The lowest BCUT2D eigenvalue weighted by molar-refractivity contribution is -0.138. The summed E-state index contributed by atoms with van der Waals surface area (Å²) in [6.45, 7) is 1.63. The number of carbonyl (C=O) groups is 2. The highest BCUT2D eigenvalue weighted by Gasteiger charge is 2.24. The summed E-state index contributed by atoms with van der Waals surface area (Å²) in [7, 11) is 0. The van der Waals surface area contributed by atoms with Crippen molar-refractivity contribution >= 4 is 12.0 Å². The number of hydrogen-bond acceptors (Lipinski definition) is 3. The average Bonchev–Trinajstić information content (AvgIpc) is 2.88. The van der Waals surface area contributed by atoms with Crippen LogP contribution in [0, 0.1) is 5.92 Å². The van der Waals surface area contributed by atoms with Crippen molar-refractivity contribution in [2.45, 2.75) is 25.8 Å². The zero-order valence-corrected chi connectivity index (χ0v) is 10.7. The lowest BCUT2D eigenvalue weighted by Gasteiger charge is -2.32. The van der Waals surface area contributed by atoms with Gasteiger partial charge in [-0.25, -0.2) is 4.79 Å². The van der Waals surface area contributed by atoms with E-state index in [1.54, 1.807) is 23.5 Å². The second kappa shape index (κ2) is 6.26. The maximum absolute atomic E-state index is 12.0. The quantitative estimate of drug-likeness (QED) is 0.868. The van der Waals surface area contributed by atoms with Crippen molar-refractivity contribution in [1.82, 2.24) is 10.2 Å². The molecule has 1 saturated heterocycles. The van der Waals surface area contributed by atoms with E-state index in [9.17, 15) is 9.59 Å². The minimum absolute atomic E-state index is 0.0610. The minimum Gasteiger partial charge on any atom is -0.481 e. The number of nitrogens with zero attached hydrogens (tertiary/aromatic N) is 1. The van der Waals surface area contributed by atoms with E-state index < -0.39 is 5.97 Å². The van der Waals surface area contributed by atoms with Gasteiger partial charge in [-0.1, -0.05) is 0 Å². The Morgan fingerprint density at radius 2 is 2.37 bits per heavy atom. The van der Waals surface area contributed by atoms with E-state index in [1.807, 2.05) is 0 Å². The number of nitrogens with one attached hydrogen (secondary N) is 1. The first-order valence-electron chi connectivity index (χ1n) is 6.41. The zero-order chi connectivity index (χ0) is 13.7. The number of rotatable bonds is 4. The SMILES string of the molecule is O=C(O)CC1CCCN(C(=O)NCc2ccoc2)C1. The number of piperidine rings is 1. The van der Waals surface area contributed by atoms with Crippen LogP contribution in [-0.4, -0.2) is 35.1 Å². The Morgan fingerprint density at radius 1 is 1.53 bits per heavy atom. The molecule has 1 atom stereocenters. The summed E-state index contributed by atoms with van der Waals surface area (Å²) in [6, 6.07) is 1.65. The molecule has 1 unspecified atom stereocenters. The number of aliphatic carboxylic acids is 1. The lowest BCUT2D eigenvalue weighted by atomic mass is 9.95. The molecular formula is C13H18N2O4. The fourth-order valence-corrected chi connectivity index (χ4v) is 2.35. The van der Waals surface area contributed by atoms with Crippen molar-refractivity contribution in [3.63, 3.8) is 0 Å². The highest BCUT2D eigenvalue weighted by molar-refractivity contribution is 5.74. The number of furan rings is 1. The Labute approximate surface area is 111 Å².